The van der Waals surface area contributed by atoms with E-state index in [9.17, 15) is 5.11 Å². The van der Waals surface area contributed by atoms with E-state index in [1.165, 1.54) is 25.7 Å². The molecule has 4 saturated carbocycles. The SMILES string of the molecule is CC1(C)OC2C3CC(O[Si](C)(C)C(C)(C)C)CCC3C3CC[C@]4(C)C(O)CCC4C3C2O1. The zero-order valence-corrected chi connectivity index (χ0v) is 22.8. The molecule has 0 bridgehead atoms. The molecule has 0 amide bonds. The lowest BCUT2D eigenvalue weighted by molar-refractivity contribution is -0.162. The van der Waals surface area contributed by atoms with Crippen molar-refractivity contribution < 1.29 is 19.0 Å². The molecule has 5 aliphatic rings. The molecule has 0 aromatic rings. The van der Waals surface area contributed by atoms with Crippen molar-refractivity contribution in [2.75, 3.05) is 0 Å². The molecular formula is C27H48O4Si. The van der Waals surface area contributed by atoms with E-state index in [1.807, 2.05) is 0 Å². The third-order valence-corrected chi connectivity index (χ3v) is 15.6. The van der Waals surface area contributed by atoms with Crippen molar-refractivity contribution in [3.8, 4) is 0 Å². The predicted molar refractivity (Wildman–Crippen MR) is 130 cm³/mol. The first kappa shape index (κ1) is 23.8. The monoisotopic (exact) mass is 464 g/mol. The minimum atomic E-state index is -1.78. The average Bonchev–Trinajstić information content (AvgIpc) is 3.16. The molecule has 0 spiro atoms. The second-order valence-electron chi connectivity index (χ2n) is 14.2. The minimum absolute atomic E-state index is 0.0668. The van der Waals surface area contributed by atoms with Crippen LogP contribution in [-0.4, -0.2) is 43.6 Å². The molecule has 32 heavy (non-hydrogen) atoms. The summed E-state index contributed by atoms with van der Waals surface area (Å²) in [5.74, 6) is 2.59. The van der Waals surface area contributed by atoms with Crippen molar-refractivity contribution in [2.45, 2.75) is 135 Å². The summed E-state index contributed by atoms with van der Waals surface area (Å²) in [7, 11) is -1.78. The Balaban J connectivity index is 1.42. The standard InChI is InChI=1S/C27H48O4Si/c1-25(2,3)32(7,8)31-16-9-10-17-18-13-14-27(6)20(11-12-21(27)28)22(18)24-23(19(17)15-16)29-26(4,5)30-24/h16-24,28H,9-15H2,1-8H3/t16?,17?,18?,19?,20?,21?,22?,23?,24?,27-/m0/s1. The molecule has 5 heteroatoms. The number of fused-ring (bicyclic) bond motifs is 8. The highest BCUT2D eigenvalue weighted by Crippen LogP contribution is 2.65. The van der Waals surface area contributed by atoms with E-state index in [4.69, 9.17) is 13.9 Å². The highest BCUT2D eigenvalue weighted by molar-refractivity contribution is 6.74. The lowest BCUT2D eigenvalue weighted by Gasteiger charge is -2.58. The fourth-order valence-electron chi connectivity index (χ4n) is 8.41. The first-order chi connectivity index (χ1) is 14.7. The van der Waals surface area contributed by atoms with Crippen LogP contribution in [-0.2, 0) is 13.9 Å². The topological polar surface area (TPSA) is 47.9 Å². The zero-order valence-electron chi connectivity index (χ0n) is 21.8. The van der Waals surface area contributed by atoms with Crippen LogP contribution < -0.4 is 0 Å². The van der Waals surface area contributed by atoms with Gasteiger partial charge in [0.2, 0.25) is 0 Å². The summed E-state index contributed by atoms with van der Waals surface area (Å²) < 4.78 is 20.3. The normalized spacial score (nSPS) is 50.3. The quantitative estimate of drug-likeness (QED) is 0.499. The van der Waals surface area contributed by atoms with Gasteiger partial charge in [-0.1, -0.05) is 27.7 Å². The Morgan fingerprint density at radius 1 is 0.875 bits per heavy atom. The van der Waals surface area contributed by atoms with Crippen molar-refractivity contribution in [1.29, 1.82) is 0 Å². The summed E-state index contributed by atoms with van der Waals surface area (Å²) >= 11 is 0. The molecule has 1 N–H and O–H groups in total. The van der Waals surface area contributed by atoms with Crippen molar-refractivity contribution in [3.63, 3.8) is 0 Å². The van der Waals surface area contributed by atoms with Crippen LogP contribution in [0.2, 0.25) is 18.1 Å². The lowest BCUT2D eigenvalue weighted by atomic mass is 9.49. The van der Waals surface area contributed by atoms with Crippen LogP contribution in [0.4, 0.5) is 0 Å². The first-order valence-electron chi connectivity index (χ1n) is 13.4. The van der Waals surface area contributed by atoms with Gasteiger partial charge in [0, 0.05) is 6.10 Å². The van der Waals surface area contributed by atoms with Gasteiger partial charge in [-0.25, -0.2) is 0 Å². The molecule has 0 aromatic heterocycles. The fourth-order valence-corrected chi connectivity index (χ4v) is 9.81. The Hall–Kier alpha value is 0.0569. The summed E-state index contributed by atoms with van der Waals surface area (Å²) in [4.78, 5) is 0. The van der Waals surface area contributed by atoms with Crippen LogP contribution in [0, 0.1) is 35.0 Å². The van der Waals surface area contributed by atoms with Gasteiger partial charge in [-0.15, -0.1) is 0 Å². The van der Waals surface area contributed by atoms with Gasteiger partial charge in [0.1, 0.15) is 0 Å². The average molecular weight is 465 g/mol. The van der Waals surface area contributed by atoms with E-state index in [1.54, 1.807) is 0 Å². The Labute approximate surface area is 197 Å². The molecule has 1 aliphatic heterocycles. The molecular weight excluding hydrogens is 416 g/mol. The van der Waals surface area contributed by atoms with Crippen LogP contribution in [0.5, 0.6) is 0 Å². The molecule has 0 aromatic carbocycles. The number of ether oxygens (including phenoxy) is 2. The van der Waals surface area contributed by atoms with Crippen molar-refractivity contribution >= 4 is 8.32 Å². The molecule has 5 rings (SSSR count). The summed E-state index contributed by atoms with van der Waals surface area (Å²) in [5.41, 5.74) is 0.0668. The fraction of sp³-hybridized carbons (Fsp3) is 1.00. The molecule has 4 nitrogen and oxygen atoms in total. The van der Waals surface area contributed by atoms with Crippen LogP contribution in [0.1, 0.15) is 86.5 Å². The van der Waals surface area contributed by atoms with Gasteiger partial charge >= 0.3 is 0 Å². The smallest absolute Gasteiger partial charge is 0.192 e. The summed E-state index contributed by atoms with van der Waals surface area (Å²) in [5, 5.41) is 11.1. The highest BCUT2D eigenvalue weighted by Gasteiger charge is 2.65. The number of aliphatic hydroxyl groups excluding tert-OH is 1. The van der Waals surface area contributed by atoms with Gasteiger partial charge in [0.25, 0.3) is 0 Å². The third-order valence-electron chi connectivity index (χ3n) is 11.0. The van der Waals surface area contributed by atoms with Gasteiger partial charge in [0.05, 0.1) is 18.3 Å². The van der Waals surface area contributed by atoms with Gasteiger partial charge in [-0.05, 0) is 112 Å². The van der Waals surface area contributed by atoms with E-state index in [0.717, 1.165) is 31.1 Å². The van der Waals surface area contributed by atoms with Crippen LogP contribution in [0.25, 0.3) is 0 Å². The molecule has 9 unspecified atom stereocenters. The number of aliphatic hydroxyl groups is 1. The molecule has 10 atom stereocenters. The van der Waals surface area contributed by atoms with Gasteiger partial charge in [0.15, 0.2) is 14.1 Å². The molecule has 0 radical (unpaired) electrons. The second-order valence-corrected chi connectivity index (χ2v) is 18.9. The van der Waals surface area contributed by atoms with Crippen LogP contribution in [0.15, 0.2) is 0 Å². The van der Waals surface area contributed by atoms with E-state index in [0.29, 0.717) is 23.9 Å². The minimum Gasteiger partial charge on any atom is -0.414 e. The third kappa shape index (κ3) is 3.59. The molecule has 1 saturated heterocycles. The maximum absolute atomic E-state index is 10.9. The Bertz CT molecular complexity index is 730. The largest absolute Gasteiger partial charge is 0.414 e. The van der Waals surface area contributed by atoms with E-state index in [2.05, 4.69) is 54.6 Å². The summed E-state index contributed by atoms with van der Waals surface area (Å²) in [6, 6.07) is 0. The highest BCUT2D eigenvalue weighted by atomic mass is 28.4. The Morgan fingerprint density at radius 3 is 2.25 bits per heavy atom. The summed E-state index contributed by atoms with van der Waals surface area (Å²) in [6.45, 7) is 18.4. The van der Waals surface area contributed by atoms with Crippen molar-refractivity contribution in [2.24, 2.45) is 35.0 Å². The Kier molecular flexibility index (Phi) is 5.59. The molecule has 4 aliphatic carbocycles. The molecule has 184 valence electrons. The van der Waals surface area contributed by atoms with E-state index < -0.39 is 14.1 Å². The van der Waals surface area contributed by atoms with Crippen molar-refractivity contribution in [1.82, 2.24) is 0 Å². The van der Waals surface area contributed by atoms with Gasteiger partial charge in [-0.2, -0.15) is 0 Å². The molecule has 5 fully saturated rings. The second kappa shape index (κ2) is 7.53. The first-order valence-corrected chi connectivity index (χ1v) is 16.4. The maximum Gasteiger partial charge on any atom is 0.192 e. The van der Waals surface area contributed by atoms with Gasteiger partial charge in [-0.3, -0.25) is 0 Å². The lowest BCUT2D eigenvalue weighted by Crippen LogP contribution is -2.60. The number of rotatable bonds is 2. The molecule has 1 heterocycles. The van der Waals surface area contributed by atoms with Crippen LogP contribution >= 0.6 is 0 Å². The Morgan fingerprint density at radius 2 is 1.56 bits per heavy atom. The summed E-state index contributed by atoms with van der Waals surface area (Å²) in [6.07, 6.45) is 8.71. The van der Waals surface area contributed by atoms with Gasteiger partial charge < -0.3 is 19.0 Å². The number of hydrogen-bond donors (Lipinski definition) is 1. The maximum atomic E-state index is 10.9. The zero-order chi connectivity index (χ0) is 23.3. The number of hydrogen-bond acceptors (Lipinski definition) is 4. The van der Waals surface area contributed by atoms with E-state index in [-0.39, 0.29) is 28.8 Å². The van der Waals surface area contributed by atoms with Crippen molar-refractivity contribution in [3.05, 3.63) is 0 Å². The predicted octanol–water partition coefficient (Wildman–Crippen LogP) is 6.13. The van der Waals surface area contributed by atoms with Crippen LogP contribution in [0.3, 0.4) is 0 Å². The van der Waals surface area contributed by atoms with E-state index >= 15 is 0 Å².